The van der Waals surface area contributed by atoms with Crippen LogP contribution in [0.1, 0.15) is 58.3 Å². The fraction of sp³-hybridized carbons (Fsp3) is 0.750. The van der Waals surface area contributed by atoms with Crippen LogP contribution in [0.2, 0.25) is 0 Å². The van der Waals surface area contributed by atoms with Crippen molar-refractivity contribution >= 4 is 0 Å². The largest absolute Gasteiger partial charge is 0.330 e. The van der Waals surface area contributed by atoms with Gasteiger partial charge < -0.3 is 10.3 Å². The molecule has 0 radical (unpaired) electrons. The molecule has 0 saturated carbocycles. The Bertz CT molecular complexity index is 287. The van der Waals surface area contributed by atoms with E-state index in [4.69, 9.17) is 5.73 Å². The number of imidazole rings is 1. The number of hydrogen-bond donors (Lipinski definition) is 1. The molecule has 1 heterocycles. The molecular weight excluding hydrogens is 186 g/mol. The van der Waals surface area contributed by atoms with Crippen molar-refractivity contribution in [2.75, 3.05) is 0 Å². The number of hydrogen-bond acceptors (Lipinski definition) is 2. The van der Waals surface area contributed by atoms with Crippen molar-refractivity contribution in [3.8, 4) is 0 Å². The van der Waals surface area contributed by atoms with Gasteiger partial charge in [0.15, 0.2) is 0 Å². The first-order chi connectivity index (χ1) is 7.11. The Labute approximate surface area is 92.7 Å². The van der Waals surface area contributed by atoms with Crippen LogP contribution < -0.4 is 5.73 Å². The molecule has 0 aromatic carbocycles. The first kappa shape index (κ1) is 12.2. The van der Waals surface area contributed by atoms with E-state index in [0.29, 0.717) is 12.0 Å². The van der Waals surface area contributed by atoms with E-state index in [9.17, 15) is 0 Å². The highest BCUT2D eigenvalue weighted by atomic mass is 15.1. The zero-order valence-corrected chi connectivity index (χ0v) is 10.3. The molecule has 0 aliphatic rings. The summed E-state index contributed by atoms with van der Waals surface area (Å²) in [5.41, 5.74) is 7.05. The summed E-state index contributed by atoms with van der Waals surface area (Å²) in [4.78, 5) is 4.20. The molecule has 1 aromatic rings. The van der Waals surface area contributed by atoms with E-state index in [-0.39, 0.29) is 6.04 Å². The monoisotopic (exact) mass is 209 g/mol. The molecule has 0 spiro atoms. The molecule has 0 saturated heterocycles. The highest BCUT2D eigenvalue weighted by molar-refractivity contribution is 5.05. The Morgan fingerprint density at radius 2 is 1.93 bits per heavy atom. The molecule has 15 heavy (non-hydrogen) atoms. The zero-order chi connectivity index (χ0) is 11.4. The third-order valence-electron chi connectivity index (χ3n) is 3.33. The summed E-state index contributed by atoms with van der Waals surface area (Å²) in [5, 5.41) is 0. The number of aromatic nitrogens is 2. The molecule has 0 fully saturated rings. The molecule has 2 unspecified atom stereocenters. The minimum atomic E-state index is 0.0595. The maximum atomic E-state index is 5.92. The fourth-order valence-electron chi connectivity index (χ4n) is 2.21. The second-order valence-electron chi connectivity index (χ2n) is 4.33. The van der Waals surface area contributed by atoms with Crippen LogP contribution in [0.25, 0.3) is 0 Å². The molecule has 0 bridgehead atoms. The Morgan fingerprint density at radius 3 is 2.40 bits per heavy atom. The SMILES string of the molecule is CCC(CC)C(C)n1cncc1C(C)N. The van der Waals surface area contributed by atoms with Gasteiger partial charge in [-0.25, -0.2) is 4.98 Å². The highest BCUT2D eigenvalue weighted by Gasteiger charge is 2.18. The van der Waals surface area contributed by atoms with Crippen molar-refractivity contribution in [3.05, 3.63) is 18.2 Å². The van der Waals surface area contributed by atoms with E-state index < -0.39 is 0 Å². The molecule has 0 aliphatic carbocycles. The molecule has 2 N–H and O–H groups in total. The maximum absolute atomic E-state index is 5.92. The first-order valence-corrected chi connectivity index (χ1v) is 5.89. The summed E-state index contributed by atoms with van der Waals surface area (Å²) < 4.78 is 2.22. The molecule has 2 atom stereocenters. The van der Waals surface area contributed by atoms with Crippen molar-refractivity contribution in [2.45, 2.75) is 52.6 Å². The van der Waals surface area contributed by atoms with Gasteiger partial charge in [-0.2, -0.15) is 0 Å². The summed E-state index contributed by atoms with van der Waals surface area (Å²) in [6.45, 7) is 8.75. The van der Waals surface area contributed by atoms with Crippen LogP contribution in [0, 0.1) is 5.92 Å². The van der Waals surface area contributed by atoms with Crippen molar-refractivity contribution in [3.63, 3.8) is 0 Å². The van der Waals surface area contributed by atoms with Crippen molar-refractivity contribution in [2.24, 2.45) is 11.7 Å². The Balaban J connectivity index is 2.89. The van der Waals surface area contributed by atoms with Gasteiger partial charge in [0.05, 0.1) is 12.0 Å². The first-order valence-electron chi connectivity index (χ1n) is 5.89. The van der Waals surface area contributed by atoms with Gasteiger partial charge in [-0.1, -0.05) is 26.7 Å². The van der Waals surface area contributed by atoms with Crippen molar-refractivity contribution in [1.29, 1.82) is 0 Å². The van der Waals surface area contributed by atoms with E-state index in [2.05, 4.69) is 30.3 Å². The number of nitrogens with two attached hydrogens (primary N) is 1. The third-order valence-corrected chi connectivity index (χ3v) is 3.33. The summed E-state index contributed by atoms with van der Waals surface area (Å²) in [6.07, 6.45) is 6.19. The van der Waals surface area contributed by atoms with Gasteiger partial charge in [0.1, 0.15) is 0 Å². The lowest BCUT2D eigenvalue weighted by molar-refractivity contribution is 0.324. The van der Waals surface area contributed by atoms with Crippen LogP contribution in [-0.2, 0) is 0 Å². The predicted octanol–water partition coefficient (Wildman–Crippen LogP) is 2.90. The minimum absolute atomic E-state index is 0.0595. The van der Waals surface area contributed by atoms with Crippen molar-refractivity contribution < 1.29 is 0 Å². The zero-order valence-electron chi connectivity index (χ0n) is 10.3. The maximum Gasteiger partial charge on any atom is 0.0951 e. The average molecular weight is 209 g/mol. The van der Waals surface area contributed by atoms with E-state index in [1.807, 2.05) is 19.4 Å². The van der Waals surface area contributed by atoms with Gasteiger partial charge in [0.2, 0.25) is 0 Å². The van der Waals surface area contributed by atoms with E-state index in [1.165, 1.54) is 12.8 Å². The predicted molar refractivity (Wildman–Crippen MR) is 63.6 cm³/mol. The van der Waals surface area contributed by atoms with Gasteiger partial charge in [-0.05, 0) is 19.8 Å². The normalized spacial score (nSPS) is 15.6. The molecule has 0 aliphatic heterocycles. The van der Waals surface area contributed by atoms with E-state index in [1.54, 1.807) is 0 Å². The second kappa shape index (κ2) is 5.31. The van der Waals surface area contributed by atoms with Crippen LogP contribution >= 0.6 is 0 Å². The summed E-state index contributed by atoms with van der Waals surface area (Å²) in [5.74, 6) is 0.705. The van der Waals surface area contributed by atoms with Crippen molar-refractivity contribution in [1.82, 2.24) is 9.55 Å². The molecule has 3 nitrogen and oxygen atoms in total. The third kappa shape index (κ3) is 2.59. The van der Waals surface area contributed by atoms with Gasteiger partial charge in [-0.3, -0.25) is 0 Å². The standard InChI is InChI=1S/C12H23N3/c1-5-11(6-2)10(4)15-8-14-7-12(15)9(3)13/h7-11H,5-6,13H2,1-4H3. The van der Waals surface area contributed by atoms with Gasteiger partial charge in [0.25, 0.3) is 0 Å². The molecule has 3 heteroatoms. The van der Waals surface area contributed by atoms with Crippen LogP contribution in [0.3, 0.4) is 0 Å². The van der Waals surface area contributed by atoms with Crippen LogP contribution in [0.15, 0.2) is 12.5 Å². The quantitative estimate of drug-likeness (QED) is 0.810. The number of rotatable bonds is 5. The van der Waals surface area contributed by atoms with Crippen LogP contribution in [0.5, 0.6) is 0 Å². The van der Waals surface area contributed by atoms with Crippen LogP contribution in [0.4, 0.5) is 0 Å². The second-order valence-corrected chi connectivity index (χ2v) is 4.33. The summed E-state index contributed by atoms with van der Waals surface area (Å²) >= 11 is 0. The summed E-state index contributed by atoms with van der Waals surface area (Å²) in [7, 11) is 0. The van der Waals surface area contributed by atoms with Gasteiger partial charge in [-0.15, -0.1) is 0 Å². The molecular formula is C12H23N3. The van der Waals surface area contributed by atoms with E-state index in [0.717, 1.165) is 5.69 Å². The average Bonchev–Trinajstić information content (AvgIpc) is 2.67. The molecule has 1 rings (SSSR count). The van der Waals surface area contributed by atoms with Gasteiger partial charge in [0, 0.05) is 18.3 Å². The molecule has 86 valence electrons. The highest BCUT2D eigenvalue weighted by Crippen LogP contribution is 2.26. The van der Waals surface area contributed by atoms with Crippen LogP contribution in [-0.4, -0.2) is 9.55 Å². The topological polar surface area (TPSA) is 43.8 Å². The van der Waals surface area contributed by atoms with E-state index >= 15 is 0 Å². The smallest absolute Gasteiger partial charge is 0.0951 e. The Morgan fingerprint density at radius 1 is 1.33 bits per heavy atom. The fourth-order valence-corrected chi connectivity index (χ4v) is 2.21. The lowest BCUT2D eigenvalue weighted by Crippen LogP contribution is -2.20. The lowest BCUT2D eigenvalue weighted by atomic mass is 9.95. The summed E-state index contributed by atoms with van der Waals surface area (Å²) in [6, 6.07) is 0.549. The van der Waals surface area contributed by atoms with Gasteiger partial charge >= 0.3 is 0 Å². The number of nitrogens with zero attached hydrogens (tertiary/aromatic N) is 2. The molecule has 0 amide bonds. The molecule has 1 aromatic heterocycles. The lowest BCUT2D eigenvalue weighted by Gasteiger charge is -2.25. The Kier molecular flexibility index (Phi) is 4.33. The minimum Gasteiger partial charge on any atom is -0.330 e. The Hall–Kier alpha value is -0.830.